The second-order valence-corrected chi connectivity index (χ2v) is 19.5. The van der Waals surface area contributed by atoms with Crippen molar-refractivity contribution in [3.63, 3.8) is 0 Å². The first kappa shape index (κ1) is 39.5. The van der Waals surface area contributed by atoms with E-state index >= 15 is 0 Å². The quantitative estimate of drug-likeness (QED) is 0.127. The summed E-state index contributed by atoms with van der Waals surface area (Å²) in [4.78, 5) is 2.60. The molecule has 0 bridgehead atoms. The maximum atomic E-state index is 7.16. The maximum absolute atomic E-state index is 7.16. The number of hydrogen-bond donors (Lipinski definition) is 0. The highest BCUT2D eigenvalue weighted by Gasteiger charge is 2.45. The van der Waals surface area contributed by atoms with E-state index in [1.54, 1.807) is 0 Å². The van der Waals surface area contributed by atoms with Crippen LogP contribution in [0.2, 0.25) is 0 Å². The van der Waals surface area contributed by atoms with Gasteiger partial charge in [0, 0.05) is 60.8 Å². The van der Waals surface area contributed by atoms with Crippen molar-refractivity contribution < 1.29 is 4.42 Å². The molecule has 4 heterocycles. The molecule has 2 aliphatic rings. The first-order valence-corrected chi connectivity index (χ1v) is 24.9. The van der Waals surface area contributed by atoms with E-state index in [0.29, 0.717) is 0 Å². The molecule has 2 aliphatic heterocycles. The Morgan fingerprint density at radius 2 is 0.847 bits per heavy atom. The van der Waals surface area contributed by atoms with E-state index in [2.05, 4.69) is 258 Å². The topological polar surface area (TPSA) is 21.3 Å². The number of nitrogens with zero attached hydrogens (tertiary/aromatic N) is 2. The lowest BCUT2D eigenvalue weighted by atomic mass is 9.44. The molecule has 72 heavy (non-hydrogen) atoms. The molecule has 3 nitrogen and oxygen atoms in total. The van der Waals surface area contributed by atoms with Crippen LogP contribution < -0.4 is 15.8 Å². The van der Waals surface area contributed by atoms with Crippen LogP contribution in [0.4, 0.5) is 17.1 Å². The number of rotatable bonds is 5. The van der Waals surface area contributed by atoms with Gasteiger partial charge in [-0.15, -0.1) is 0 Å². The maximum Gasteiger partial charge on any atom is 0.333 e. The summed E-state index contributed by atoms with van der Waals surface area (Å²) in [6.45, 7) is -0.207. The van der Waals surface area contributed by atoms with Crippen LogP contribution in [-0.2, 0) is 0 Å². The average Bonchev–Trinajstić information content (AvgIpc) is 4.00. The van der Waals surface area contributed by atoms with Crippen molar-refractivity contribution >= 4 is 100 Å². The Bertz CT molecular complexity index is 4500. The summed E-state index contributed by atoms with van der Waals surface area (Å²) in [6.07, 6.45) is 0. The fourth-order valence-electron chi connectivity index (χ4n) is 12.7. The molecule has 2 aromatic heterocycles. The summed E-state index contributed by atoms with van der Waals surface area (Å²) in [5, 5.41) is 9.62. The summed E-state index contributed by atoms with van der Waals surface area (Å²) in [5.74, 6) is 0. The molecular formula is C68H41BN2O. The van der Waals surface area contributed by atoms with Gasteiger partial charge in [0.15, 0.2) is 0 Å². The lowest BCUT2D eigenvalue weighted by Crippen LogP contribution is -2.56. The van der Waals surface area contributed by atoms with Gasteiger partial charge in [0.05, 0.1) is 0 Å². The van der Waals surface area contributed by atoms with Crippen LogP contribution in [0, 0.1) is 0 Å². The number of para-hydroxylation sites is 3. The number of furan rings is 1. The Kier molecular flexibility index (Phi) is 8.26. The van der Waals surface area contributed by atoms with E-state index < -0.39 is 0 Å². The normalized spacial score (nSPS) is 12.7. The third-order valence-electron chi connectivity index (χ3n) is 15.7. The first-order chi connectivity index (χ1) is 35.7. The van der Waals surface area contributed by atoms with Gasteiger partial charge in [0.2, 0.25) is 0 Å². The van der Waals surface area contributed by atoms with Crippen molar-refractivity contribution in [1.82, 2.24) is 4.48 Å². The number of aromatic nitrogens is 1. The molecule has 14 aromatic rings. The predicted octanol–water partition coefficient (Wildman–Crippen LogP) is 17.1. The first-order valence-electron chi connectivity index (χ1n) is 24.9. The second-order valence-electron chi connectivity index (χ2n) is 19.5. The van der Waals surface area contributed by atoms with Gasteiger partial charge in [-0.05, 0) is 119 Å². The summed E-state index contributed by atoms with van der Waals surface area (Å²) in [5.41, 5.74) is 22.0. The molecular weight excluding hydrogens is 872 g/mol. The summed E-state index contributed by atoms with van der Waals surface area (Å²) in [6, 6.07) is 92.0. The molecule has 332 valence electrons. The summed E-state index contributed by atoms with van der Waals surface area (Å²) < 4.78 is 9.82. The minimum Gasteiger partial charge on any atom is -0.455 e. The van der Waals surface area contributed by atoms with Crippen LogP contribution in [0.25, 0.3) is 121 Å². The SMILES string of the molecule is c1ccc(-c2cc(-c3ccccc3)cc(N3c4cc5c(-c6ccccc6)c6ccccc6c(-c6ccccc6)c5cc4B4c5c3cc3c(oc6ccccc63)c5-c3cccc5c6ccccc6n4c35)c2)cc1. The molecule has 0 atom stereocenters. The minimum atomic E-state index is -0.207. The van der Waals surface area contributed by atoms with Crippen LogP contribution >= 0.6 is 0 Å². The van der Waals surface area contributed by atoms with Crippen molar-refractivity contribution in [2.45, 2.75) is 0 Å². The highest BCUT2D eigenvalue weighted by atomic mass is 16.3. The molecule has 0 saturated carbocycles. The predicted molar refractivity (Wildman–Crippen MR) is 304 cm³/mol. The average molecular weight is 913 g/mol. The Balaban J connectivity index is 1.14. The molecule has 0 radical (unpaired) electrons. The highest BCUT2D eigenvalue weighted by Crippen LogP contribution is 2.52. The molecule has 0 aliphatic carbocycles. The van der Waals surface area contributed by atoms with Crippen LogP contribution in [0.1, 0.15) is 0 Å². The highest BCUT2D eigenvalue weighted by molar-refractivity contribution is 6.90. The van der Waals surface area contributed by atoms with Crippen molar-refractivity contribution in [1.29, 1.82) is 0 Å². The van der Waals surface area contributed by atoms with Gasteiger partial charge in [-0.2, -0.15) is 0 Å². The second kappa shape index (κ2) is 15.1. The standard InChI is InChI=1S/C68H41BN2O/c1-5-20-42(21-6-1)46-36-47(43-22-7-2-8-23-43)38-48(37-46)70-60-40-56-55(63(44-24-9-3-10-25-44)51-30-13-14-31-52(51)64(56)45-26-11-4-12-27-45)39-58(60)69-66-61(70)41-57-50-29-16-18-35-62(50)72-68(57)65(66)54-33-19-32-53-49-28-15-17-34-59(49)71(69)67(53)54/h1-41H. The van der Waals surface area contributed by atoms with Gasteiger partial charge in [-0.1, -0.05) is 206 Å². The van der Waals surface area contributed by atoms with Crippen molar-refractivity contribution in [3.05, 3.63) is 249 Å². The largest absolute Gasteiger partial charge is 0.455 e. The van der Waals surface area contributed by atoms with E-state index in [4.69, 9.17) is 4.42 Å². The van der Waals surface area contributed by atoms with Crippen molar-refractivity contribution in [2.24, 2.45) is 0 Å². The fourth-order valence-corrected chi connectivity index (χ4v) is 12.7. The Morgan fingerprint density at radius 1 is 0.333 bits per heavy atom. The zero-order valence-electron chi connectivity index (χ0n) is 39.1. The van der Waals surface area contributed by atoms with Gasteiger partial charge < -0.3 is 13.8 Å². The van der Waals surface area contributed by atoms with Gasteiger partial charge in [0.1, 0.15) is 11.2 Å². The van der Waals surface area contributed by atoms with Crippen LogP contribution in [0.15, 0.2) is 253 Å². The Hall–Kier alpha value is -9.38. The number of benzene rings is 12. The fraction of sp³-hybridized carbons (Fsp3) is 0. The third-order valence-corrected chi connectivity index (χ3v) is 15.7. The summed E-state index contributed by atoms with van der Waals surface area (Å²) in [7, 11) is 0. The van der Waals surface area contributed by atoms with Crippen LogP contribution in [-0.4, -0.2) is 11.3 Å². The minimum absolute atomic E-state index is 0.207. The lowest BCUT2D eigenvalue weighted by Gasteiger charge is -2.41. The van der Waals surface area contributed by atoms with E-state index in [0.717, 1.165) is 55.7 Å². The molecule has 16 rings (SSSR count). The molecule has 0 saturated heterocycles. The summed E-state index contributed by atoms with van der Waals surface area (Å²) >= 11 is 0. The molecule has 0 fully saturated rings. The molecule has 0 spiro atoms. The molecule has 12 aromatic carbocycles. The molecule has 0 N–H and O–H groups in total. The Labute approximate surface area is 416 Å². The Morgan fingerprint density at radius 3 is 1.49 bits per heavy atom. The lowest BCUT2D eigenvalue weighted by molar-refractivity contribution is 0.670. The number of fused-ring (bicyclic) bond motifs is 13. The van der Waals surface area contributed by atoms with Gasteiger partial charge in [0.25, 0.3) is 0 Å². The van der Waals surface area contributed by atoms with E-state index in [-0.39, 0.29) is 6.85 Å². The van der Waals surface area contributed by atoms with Gasteiger partial charge in [-0.25, -0.2) is 0 Å². The van der Waals surface area contributed by atoms with E-state index in [9.17, 15) is 0 Å². The zero-order chi connectivity index (χ0) is 47.0. The van der Waals surface area contributed by atoms with Gasteiger partial charge in [-0.3, -0.25) is 0 Å². The number of anilines is 3. The third kappa shape index (κ3) is 5.52. The molecule has 0 amide bonds. The van der Waals surface area contributed by atoms with E-state index in [1.807, 2.05) is 0 Å². The zero-order valence-corrected chi connectivity index (χ0v) is 39.1. The van der Waals surface area contributed by atoms with Gasteiger partial charge >= 0.3 is 6.85 Å². The van der Waals surface area contributed by atoms with Crippen molar-refractivity contribution in [3.8, 4) is 55.6 Å². The van der Waals surface area contributed by atoms with Crippen LogP contribution in [0.3, 0.4) is 0 Å². The smallest absolute Gasteiger partial charge is 0.333 e. The monoisotopic (exact) mass is 912 g/mol. The van der Waals surface area contributed by atoms with Crippen LogP contribution in [0.5, 0.6) is 0 Å². The molecule has 4 heteroatoms. The van der Waals surface area contributed by atoms with Crippen molar-refractivity contribution in [2.75, 3.05) is 4.90 Å². The molecule has 0 unspecified atom stereocenters. The van der Waals surface area contributed by atoms with E-state index in [1.165, 1.54) is 93.2 Å². The number of hydrogen-bond acceptors (Lipinski definition) is 2.